The van der Waals surface area contributed by atoms with Crippen molar-refractivity contribution < 1.29 is 18.7 Å². The molecule has 1 aromatic carbocycles. The number of esters is 1. The van der Waals surface area contributed by atoms with Crippen molar-refractivity contribution in [2.75, 3.05) is 11.9 Å². The lowest BCUT2D eigenvalue weighted by atomic mass is 10.3. The molecule has 2 aromatic rings. The molecule has 1 amide bonds. The molecule has 0 saturated carbocycles. The number of benzene rings is 1. The summed E-state index contributed by atoms with van der Waals surface area (Å²) in [6.07, 6.45) is 2.92. The maximum absolute atomic E-state index is 13.0. The van der Waals surface area contributed by atoms with E-state index in [4.69, 9.17) is 4.74 Å². The van der Waals surface area contributed by atoms with E-state index in [9.17, 15) is 14.0 Å². The maximum atomic E-state index is 13.0. The summed E-state index contributed by atoms with van der Waals surface area (Å²) in [5, 5.41) is 4.36. The summed E-state index contributed by atoms with van der Waals surface area (Å²) < 4.78 is 17.8. The molecule has 0 saturated heterocycles. The van der Waals surface area contributed by atoms with Gasteiger partial charge in [0.2, 0.25) is 0 Å². The van der Waals surface area contributed by atoms with Crippen LogP contribution in [0.4, 0.5) is 10.1 Å². The Bertz CT molecular complexity index is 709. The highest BCUT2D eigenvalue weighted by atomic mass is 32.1. The zero-order valence-corrected chi connectivity index (χ0v) is 12.7. The summed E-state index contributed by atoms with van der Waals surface area (Å²) in [4.78, 5) is 24.1. The lowest BCUT2D eigenvalue weighted by Crippen LogP contribution is -2.20. The van der Waals surface area contributed by atoms with E-state index >= 15 is 0 Å². The van der Waals surface area contributed by atoms with Crippen molar-refractivity contribution in [2.24, 2.45) is 0 Å². The standard InChI is InChI=1S/C16H14FNO3S/c1-11-7-8-22-14(11)5-6-16(20)21-10-15(19)18-13-4-2-3-12(17)9-13/h2-9H,10H2,1H3,(H,18,19)/b6-5+. The number of hydrogen-bond acceptors (Lipinski definition) is 4. The van der Waals surface area contributed by atoms with Gasteiger partial charge in [-0.1, -0.05) is 6.07 Å². The number of thiophene rings is 1. The van der Waals surface area contributed by atoms with Gasteiger partial charge in [-0.2, -0.15) is 0 Å². The lowest BCUT2D eigenvalue weighted by molar-refractivity contribution is -0.142. The van der Waals surface area contributed by atoms with Crippen LogP contribution < -0.4 is 5.32 Å². The smallest absolute Gasteiger partial charge is 0.331 e. The van der Waals surface area contributed by atoms with Gasteiger partial charge in [0, 0.05) is 16.6 Å². The second-order valence-corrected chi connectivity index (χ2v) is 5.42. The summed E-state index contributed by atoms with van der Waals surface area (Å²) in [7, 11) is 0. The quantitative estimate of drug-likeness (QED) is 0.679. The van der Waals surface area contributed by atoms with Crippen molar-refractivity contribution in [2.45, 2.75) is 6.92 Å². The van der Waals surface area contributed by atoms with Crippen LogP contribution >= 0.6 is 11.3 Å². The molecule has 4 nitrogen and oxygen atoms in total. The van der Waals surface area contributed by atoms with Crippen LogP contribution in [0.1, 0.15) is 10.4 Å². The molecule has 0 bridgehead atoms. The summed E-state index contributed by atoms with van der Waals surface area (Å²) >= 11 is 1.51. The van der Waals surface area contributed by atoms with Gasteiger partial charge in [0.05, 0.1) is 0 Å². The van der Waals surface area contributed by atoms with Crippen LogP contribution in [0, 0.1) is 12.7 Å². The van der Waals surface area contributed by atoms with Crippen LogP contribution in [-0.2, 0) is 14.3 Å². The Labute approximate surface area is 131 Å². The molecular weight excluding hydrogens is 305 g/mol. The van der Waals surface area contributed by atoms with Crippen molar-refractivity contribution in [3.05, 3.63) is 58.0 Å². The predicted molar refractivity (Wildman–Crippen MR) is 84.1 cm³/mol. The van der Waals surface area contributed by atoms with Crippen molar-refractivity contribution in [1.82, 2.24) is 0 Å². The molecule has 1 aromatic heterocycles. The molecule has 2 rings (SSSR count). The number of amides is 1. The molecule has 1 N–H and O–H groups in total. The van der Waals surface area contributed by atoms with E-state index in [1.165, 1.54) is 35.6 Å². The topological polar surface area (TPSA) is 55.4 Å². The Hall–Kier alpha value is -2.47. The van der Waals surface area contributed by atoms with Crippen molar-refractivity contribution in [3.8, 4) is 0 Å². The van der Waals surface area contributed by atoms with E-state index < -0.39 is 24.3 Å². The summed E-state index contributed by atoms with van der Waals surface area (Å²) in [6.45, 7) is 1.51. The molecule has 0 atom stereocenters. The van der Waals surface area contributed by atoms with E-state index in [0.717, 1.165) is 10.4 Å². The second kappa shape index (κ2) is 7.51. The first-order chi connectivity index (χ1) is 10.5. The van der Waals surface area contributed by atoms with Gasteiger partial charge < -0.3 is 10.1 Å². The summed E-state index contributed by atoms with van der Waals surface area (Å²) in [6, 6.07) is 7.42. The molecule has 0 fully saturated rings. The molecule has 0 aliphatic rings. The highest BCUT2D eigenvalue weighted by Gasteiger charge is 2.06. The molecule has 6 heteroatoms. The first kappa shape index (κ1) is 15.9. The van der Waals surface area contributed by atoms with E-state index in [1.807, 2.05) is 18.4 Å². The maximum Gasteiger partial charge on any atom is 0.331 e. The van der Waals surface area contributed by atoms with E-state index in [1.54, 1.807) is 12.1 Å². The minimum Gasteiger partial charge on any atom is -0.452 e. The molecule has 0 radical (unpaired) electrons. The van der Waals surface area contributed by atoms with Crippen LogP contribution in [0.25, 0.3) is 6.08 Å². The van der Waals surface area contributed by atoms with Crippen molar-refractivity contribution in [3.63, 3.8) is 0 Å². The fraction of sp³-hybridized carbons (Fsp3) is 0.125. The van der Waals surface area contributed by atoms with Gasteiger partial charge in [-0.3, -0.25) is 4.79 Å². The molecule has 0 aliphatic heterocycles. The van der Waals surface area contributed by atoms with Crippen LogP contribution in [0.5, 0.6) is 0 Å². The fourth-order valence-corrected chi connectivity index (χ4v) is 2.47. The third-order valence-electron chi connectivity index (χ3n) is 2.73. The number of carbonyl (C=O) groups is 2. The summed E-state index contributed by atoms with van der Waals surface area (Å²) in [5.74, 6) is -1.59. The summed E-state index contributed by atoms with van der Waals surface area (Å²) in [5.41, 5.74) is 1.38. The zero-order valence-electron chi connectivity index (χ0n) is 11.8. The van der Waals surface area contributed by atoms with Gasteiger partial charge in [0.1, 0.15) is 5.82 Å². The van der Waals surface area contributed by atoms with Crippen LogP contribution in [-0.4, -0.2) is 18.5 Å². The lowest BCUT2D eigenvalue weighted by Gasteiger charge is -2.05. The molecule has 0 aliphatic carbocycles. The van der Waals surface area contributed by atoms with Gasteiger partial charge in [-0.15, -0.1) is 11.3 Å². The Balaban J connectivity index is 1.80. The zero-order chi connectivity index (χ0) is 15.9. The molecule has 0 unspecified atom stereocenters. The average molecular weight is 319 g/mol. The number of ether oxygens (including phenoxy) is 1. The van der Waals surface area contributed by atoms with Gasteiger partial charge >= 0.3 is 5.97 Å². The minimum atomic E-state index is -0.609. The van der Waals surface area contributed by atoms with Gasteiger partial charge in [-0.05, 0) is 48.2 Å². The third-order valence-corrected chi connectivity index (χ3v) is 3.71. The van der Waals surface area contributed by atoms with Crippen molar-refractivity contribution in [1.29, 1.82) is 0 Å². The number of anilines is 1. The fourth-order valence-electron chi connectivity index (χ4n) is 1.65. The SMILES string of the molecule is Cc1ccsc1/C=C/C(=O)OCC(=O)Nc1cccc(F)c1. The van der Waals surface area contributed by atoms with Crippen molar-refractivity contribution >= 4 is 35.0 Å². The molecule has 114 valence electrons. The number of aryl methyl sites for hydroxylation is 1. The van der Waals surface area contributed by atoms with E-state index in [-0.39, 0.29) is 0 Å². The normalized spacial score (nSPS) is 10.6. The highest BCUT2D eigenvalue weighted by molar-refractivity contribution is 7.11. The van der Waals surface area contributed by atoms with Crippen LogP contribution in [0.15, 0.2) is 41.8 Å². The first-order valence-electron chi connectivity index (χ1n) is 6.49. The second-order valence-electron chi connectivity index (χ2n) is 4.47. The minimum absolute atomic E-state index is 0.311. The number of halogens is 1. The number of nitrogens with one attached hydrogen (secondary N) is 1. The van der Waals surface area contributed by atoms with Gasteiger partial charge in [-0.25, -0.2) is 9.18 Å². The Morgan fingerprint density at radius 1 is 1.36 bits per heavy atom. The number of carbonyl (C=O) groups excluding carboxylic acids is 2. The highest BCUT2D eigenvalue weighted by Crippen LogP contribution is 2.17. The van der Waals surface area contributed by atoms with Gasteiger partial charge in [0.25, 0.3) is 5.91 Å². The van der Waals surface area contributed by atoms with E-state index in [2.05, 4.69) is 5.32 Å². The monoisotopic (exact) mass is 319 g/mol. The van der Waals surface area contributed by atoms with Crippen LogP contribution in [0.3, 0.4) is 0 Å². The molecule has 0 spiro atoms. The number of rotatable bonds is 5. The molecule has 1 heterocycles. The Morgan fingerprint density at radius 2 is 2.18 bits per heavy atom. The predicted octanol–water partition coefficient (Wildman–Crippen LogP) is 3.39. The first-order valence-corrected chi connectivity index (χ1v) is 7.37. The average Bonchev–Trinajstić information content (AvgIpc) is 2.88. The number of hydrogen-bond donors (Lipinski definition) is 1. The van der Waals surface area contributed by atoms with Gasteiger partial charge in [0.15, 0.2) is 6.61 Å². The molecular formula is C16H14FNO3S. The Morgan fingerprint density at radius 3 is 2.86 bits per heavy atom. The van der Waals surface area contributed by atoms with E-state index in [0.29, 0.717) is 5.69 Å². The third kappa shape index (κ3) is 4.82. The molecule has 22 heavy (non-hydrogen) atoms. The largest absolute Gasteiger partial charge is 0.452 e. The Kier molecular flexibility index (Phi) is 5.43. The van der Waals surface area contributed by atoms with Crippen LogP contribution in [0.2, 0.25) is 0 Å².